The van der Waals surface area contributed by atoms with E-state index in [0.29, 0.717) is 34.8 Å². The van der Waals surface area contributed by atoms with Gasteiger partial charge in [-0.3, -0.25) is 14.2 Å². The topological polar surface area (TPSA) is 73.2 Å². The quantitative estimate of drug-likeness (QED) is 0.697. The van der Waals surface area contributed by atoms with Gasteiger partial charge in [0.05, 0.1) is 16.9 Å². The first-order valence-electron chi connectivity index (χ1n) is 9.96. The number of hydrogen-bond donors (Lipinski definition) is 1. The predicted octanol–water partition coefficient (Wildman–Crippen LogP) is 3.57. The fourth-order valence-corrected chi connectivity index (χ4v) is 4.92. The highest BCUT2D eigenvalue weighted by atomic mass is 32.1. The van der Waals surface area contributed by atoms with Crippen LogP contribution < -0.4 is 10.9 Å². The lowest BCUT2D eigenvalue weighted by Crippen LogP contribution is -2.25. The molecule has 6 nitrogen and oxygen atoms in total. The van der Waals surface area contributed by atoms with E-state index in [-0.39, 0.29) is 11.5 Å². The minimum Gasteiger partial charge on any atom is -0.380 e. The second-order valence-corrected chi connectivity index (χ2v) is 8.46. The van der Waals surface area contributed by atoms with E-state index in [0.717, 1.165) is 48.2 Å². The van der Waals surface area contributed by atoms with E-state index in [1.807, 2.05) is 31.2 Å². The number of methoxy groups -OCH3 is 1. The van der Waals surface area contributed by atoms with Crippen molar-refractivity contribution in [3.8, 4) is 0 Å². The van der Waals surface area contributed by atoms with E-state index in [4.69, 9.17) is 9.72 Å². The van der Waals surface area contributed by atoms with Gasteiger partial charge in [0.2, 0.25) is 0 Å². The summed E-state index contributed by atoms with van der Waals surface area (Å²) >= 11 is 1.32. The minimum absolute atomic E-state index is 0.00608. The standard InChI is InChI=1S/C22H25N3O3S/c1-14-18-21(24-17-6-4-3-5-11-25(17)22(18)27)29-19(14)20(26)23-12-15-7-9-16(10-8-15)13-28-2/h7-10H,3-6,11-13H2,1-2H3,(H,23,26). The van der Waals surface area contributed by atoms with Gasteiger partial charge in [0.15, 0.2) is 0 Å². The zero-order valence-electron chi connectivity index (χ0n) is 16.8. The van der Waals surface area contributed by atoms with Crippen LogP contribution in [0.25, 0.3) is 10.2 Å². The number of rotatable bonds is 5. The van der Waals surface area contributed by atoms with E-state index in [2.05, 4.69) is 5.32 Å². The number of aromatic nitrogens is 2. The molecule has 152 valence electrons. The lowest BCUT2D eigenvalue weighted by molar-refractivity contribution is 0.0954. The third-order valence-corrected chi connectivity index (χ3v) is 6.59. The van der Waals surface area contributed by atoms with Gasteiger partial charge in [0.25, 0.3) is 11.5 Å². The van der Waals surface area contributed by atoms with Crippen molar-refractivity contribution >= 4 is 27.5 Å². The molecule has 0 atom stereocenters. The molecule has 7 heteroatoms. The first kappa shape index (κ1) is 19.8. The van der Waals surface area contributed by atoms with E-state index in [9.17, 15) is 9.59 Å². The van der Waals surface area contributed by atoms with Crippen LogP contribution in [0.2, 0.25) is 0 Å². The fourth-order valence-electron chi connectivity index (χ4n) is 3.81. The second-order valence-electron chi connectivity index (χ2n) is 7.46. The number of benzene rings is 1. The number of hydrogen-bond acceptors (Lipinski definition) is 5. The number of thiophene rings is 1. The first-order valence-corrected chi connectivity index (χ1v) is 10.8. The largest absolute Gasteiger partial charge is 0.380 e. The Bertz CT molecular complexity index is 1100. The van der Waals surface area contributed by atoms with Crippen molar-refractivity contribution < 1.29 is 9.53 Å². The van der Waals surface area contributed by atoms with Crippen molar-refractivity contribution in [1.82, 2.24) is 14.9 Å². The number of aryl methyl sites for hydroxylation is 2. The maximum Gasteiger partial charge on any atom is 0.262 e. The molecule has 0 saturated heterocycles. The molecule has 29 heavy (non-hydrogen) atoms. The maximum atomic E-state index is 13.0. The van der Waals surface area contributed by atoms with Crippen LogP contribution >= 0.6 is 11.3 Å². The van der Waals surface area contributed by atoms with Gasteiger partial charge < -0.3 is 10.1 Å². The smallest absolute Gasteiger partial charge is 0.262 e. The average Bonchev–Trinajstić information content (AvgIpc) is 2.89. The summed E-state index contributed by atoms with van der Waals surface area (Å²) in [7, 11) is 1.67. The van der Waals surface area contributed by atoms with Crippen molar-refractivity contribution in [2.75, 3.05) is 7.11 Å². The Hall–Kier alpha value is -2.51. The van der Waals surface area contributed by atoms with Gasteiger partial charge in [-0.15, -0.1) is 11.3 Å². The molecule has 1 N–H and O–H groups in total. The van der Waals surface area contributed by atoms with Crippen molar-refractivity contribution in [1.29, 1.82) is 0 Å². The molecule has 1 aliphatic heterocycles. The Balaban J connectivity index is 1.57. The van der Waals surface area contributed by atoms with Crippen molar-refractivity contribution in [3.05, 3.63) is 62.0 Å². The van der Waals surface area contributed by atoms with Crippen LogP contribution in [0.3, 0.4) is 0 Å². The van der Waals surface area contributed by atoms with Crippen LogP contribution in [0.5, 0.6) is 0 Å². The molecule has 3 heterocycles. The molecule has 0 saturated carbocycles. The molecular formula is C22H25N3O3S. The second kappa shape index (κ2) is 8.47. The Morgan fingerprint density at radius 1 is 1.21 bits per heavy atom. The van der Waals surface area contributed by atoms with Crippen LogP contribution in [0.15, 0.2) is 29.1 Å². The van der Waals surface area contributed by atoms with Crippen LogP contribution in [-0.2, 0) is 30.9 Å². The first-order chi connectivity index (χ1) is 14.1. The highest BCUT2D eigenvalue weighted by Crippen LogP contribution is 2.28. The normalized spacial score (nSPS) is 13.9. The van der Waals surface area contributed by atoms with E-state index >= 15 is 0 Å². The number of ether oxygens (including phenoxy) is 1. The monoisotopic (exact) mass is 411 g/mol. The van der Waals surface area contributed by atoms with Crippen LogP contribution in [-0.4, -0.2) is 22.6 Å². The SMILES string of the molecule is COCc1ccc(CNC(=O)c2sc3nc4n(c(=O)c3c2C)CCCCC4)cc1. The lowest BCUT2D eigenvalue weighted by atomic mass is 10.1. The van der Waals surface area contributed by atoms with Crippen molar-refractivity contribution in [2.24, 2.45) is 0 Å². The Morgan fingerprint density at radius 2 is 1.97 bits per heavy atom. The summed E-state index contributed by atoms with van der Waals surface area (Å²) in [6.45, 7) is 3.57. The molecule has 1 amide bonds. The number of carbonyl (C=O) groups is 1. The van der Waals surface area contributed by atoms with Gasteiger partial charge >= 0.3 is 0 Å². The van der Waals surface area contributed by atoms with Gasteiger partial charge in [-0.2, -0.15) is 0 Å². The van der Waals surface area contributed by atoms with E-state index < -0.39 is 0 Å². The molecule has 4 rings (SSSR count). The van der Waals surface area contributed by atoms with Crippen molar-refractivity contribution in [2.45, 2.75) is 52.3 Å². The molecule has 0 aliphatic carbocycles. The summed E-state index contributed by atoms with van der Waals surface area (Å²) in [6, 6.07) is 7.95. The third kappa shape index (κ3) is 3.97. The third-order valence-electron chi connectivity index (χ3n) is 5.40. The van der Waals surface area contributed by atoms with E-state index in [1.54, 1.807) is 11.7 Å². The maximum absolute atomic E-state index is 13.0. The average molecular weight is 412 g/mol. The van der Waals surface area contributed by atoms with Gasteiger partial charge in [0, 0.05) is 26.6 Å². The molecule has 1 aromatic carbocycles. The van der Waals surface area contributed by atoms with Crippen LogP contribution in [0.4, 0.5) is 0 Å². The summed E-state index contributed by atoms with van der Waals surface area (Å²) in [4.78, 5) is 31.8. The predicted molar refractivity (Wildman–Crippen MR) is 114 cm³/mol. The summed E-state index contributed by atoms with van der Waals surface area (Å²) in [5, 5.41) is 3.56. The molecule has 3 aromatic rings. The molecule has 0 unspecified atom stereocenters. The van der Waals surface area contributed by atoms with Gasteiger partial charge in [-0.05, 0) is 36.5 Å². The molecule has 0 bridgehead atoms. The highest BCUT2D eigenvalue weighted by molar-refractivity contribution is 7.20. The molecule has 1 aliphatic rings. The van der Waals surface area contributed by atoms with E-state index in [1.165, 1.54) is 11.3 Å². The Morgan fingerprint density at radius 3 is 2.72 bits per heavy atom. The Labute approximate surface area is 173 Å². The van der Waals surface area contributed by atoms with Gasteiger partial charge in [0.1, 0.15) is 10.7 Å². The zero-order chi connectivity index (χ0) is 20.4. The molecular weight excluding hydrogens is 386 g/mol. The molecule has 0 fully saturated rings. The number of fused-ring (bicyclic) bond motifs is 2. The summed E-state index contributed by atoms with van der Waals surface area (Å²) in [6.07, 6.45) is 4.00. The van der Waals surface area contributed by atoms with Gasteiger partial charge in [-0.25, -0.2) is 4.98 Å². The highest BCUT2D eigenvalue weighted by Gasteiger charge is 2.22. The molecule has 2 aromatic heterocycles. The fraction of sp³-hybridized carbons (Fsp3) is 0.409. The summed E-state index contributed by atoms with van der Waals surface area (Å²) in [5.41, 5.74) is 2.83. The summed E-state index contributed by atoms with van der Waals surface area (Å²) < 4.78 is 6.92. The lowest BCUT2D eigenvalue weighted by Gasteiger charge is -2.08. The van der Waals surface area contributed by atoms with Crippen molar-refractivity contribution in [3.63, 3.8) is 0 Å². The number of carbonyl (C=O) groups excluding carboxylic acids is 1. The number of nitrogens with one attached hydrogen (secondary N) is 1. The van der Waals surface area contributed by atoms with Crippen LogP contribution in [0.1, 0.15) is 51.4 Å². The summed E-state index contributed by atoms with van der Waals surface area (Å²) in [5.74, 6) is 0.690. The number of nitrogens with zero attached hydrogens (tertiary/aromatic N) is 2. The minimum atomic E-state index is -0.161. The van der Waals surface area contributed by atoms with Crippen LogP contribution in [0, 0.1) is 6.92 Å². The van der Waals surface area contributed by atoms with Gasteiger partial charge in [-0.1, -0.05) is 30.7 Å². The molecule has 0 spiro atoms. The number of amides is 1. The Kier molecular flexibility index (Phi) is 5.78. The molecule has 0 radical (unpaired) electrons. The zero-order valence-corrected chi connectivity index (χ0v) is 17.6.